The lowest BCUT2D eigenvalue weighted by Crippen LogP contribution is -2.56. The van der Waals surface area contributed by atoms with Crippen molar-refractivity contribution >= 4 is 35.6 Å². The third-order valence-electron chi connectivity index (χ3n) is 4.98. The van der Waals surface area contributed by atoms with Crippen LogP contribution in [0.1, 0.15) is 39.5 Å². The van der Waals surface area contributed by atoms with E-state index in [4.69, 9.17) is 10.8 Å². The van der Waals surface area contributed by atoms with Crippen molar-refractivity contribution in [2.45, 2.75) is 57.7 Å². The number of hydrogen-bond acceptors (Lipinski definition) is 7. The second kappa shape index (κ2) is 12.6. The average molecular weight is 457 g/mol. The molecular formula is C19H31N5O8. The van der Waals surface area contributed by atoms with Crippen LogP contribution in [0.3, 0.4) is 0 Å². The fourth-order valence-electron chi connectivity index (χ4n) is 3.28. The van der Waals surface area contributed by atoms with Gasteiger partial charge < -0.3 is 36.8 Å². The molecule has 13 heteroatoms. The Bertz CT molecular complexity index is 741. The number of nitrogens with one attached hydrogen (secondary N) is 3. The van der Waals surface area contributed by atoms with Gasteiger partial charge in [0.15, 0.2) is 0 Å². The van der Waals surface area contributed by atoms with E-state index >= 15 is 0 Å². The van der Waals surface area contributed by atoms with Crippen molar-refractivity contribution in [3.8, 4) is 0 Å². The normalized spacial score (nSPS) is 17.4. The van der Waals surface area contributed by atoms with E-state index < -0.39 is 66.8 Å². The minimum absolute atomic E-state index is 0.201. The first-order valence-corrected chi connectivity index (χ1v) is 10.3. The first kappa shape index (κ1) is 26.8. The molecule has 1 heterocycles. The number of carboxylic acid groups (broad SMARTS) is 2. The van der Waals surface area contributed by atoms with Crippen molar-refractivity contribution in [2.75, 3.05) is 19.6 Å². The standard InChI is InChI=1S/C19H31N5O8/c1-10(2)16(18(30)24-7-3-4-12(24)19(31)32)23-14(26)9-21-17(29)11(5-6-15(27)28)22-13(25)8-20/h10-12,16H,3-9,20H2,1-2H3,(H,21,29)(H,22,25)(H,23,26)(H,27,28)(H,31,32). The van der Waals surface area contributed by atoms with Crippen LogP contribution in [0.25, 0.3) is 0 Å². The van der Waals surface area contributed by atoms with Crippen molar-refractivity contribution in [1.29, 1.82) is 0 Å². The third-order valence-corrected chi connectivity index (χ3v) is 4.98. The van der Waals surface area contributed by atoms with Crippen LogP contribution in [0.15, 0.2) is 0 Å². The van der Waals surface area contributed by atoms with Gasteiger partial charge in [-0.2, -0.15) is 0 Å². The van der Waals surface area contributed by atoms with Gasteiger partial charge in [-0.1, -0.05) is 13.8 Å². The van der Waals surface area contributed by atoms with Gasteiger partial charge in [-0.25, -0.2) is 4.79 Å². The van der Waals surface area contributed by atoms with E-state index in [1.54, 1.807) is 13.8 Å². The van der Waals surface area contributed by atoms with Crippen LogP contribution in [0.2, 0.25) is 0 Å². The van der Waals surface area contributed by atoms with Gasteiger partial charge >= 0.3 is 11.9 Å². The van der Waals surface area contributed by atoms with Crippen molar-refractivity contribution in [3.63, 3.8) is 0 Å². The molecule has 0 aromatic carbocycles. The molecule has 7 N–H and O–H groups in total. The molecule has 0 radical (unpaired) electrons. The van der Waals surface area contributed by atoms with Crippen LogP contribution >= 0.6 is 0 Å². The summed E-state index contributed by atoms with van der Waals surface area (Å²) in [6, 6.07) is -3.13. The molecule has 1 saturated heterocycles. The van der Waals surface area contributed by atoms with Crippen LogP contribution < -0.4 is 21.7 Å². The Hall–Kier alpha value is -3.22. The monoisotopic (exact) mass is 457 g/mol. The molecule has 4 amide bonds. The van der Waals surface area contributed by atoms with E-state index in [2.05, 4.69) is 16.0 Å². The molecule has 0 spiro atoms. The summed E-state index contributed by atoms with van der Waals surface area (Å²) in [5.41, 5.74) is 5.19. The van der Waals surface area contributed by atoms with Crippen LogP contribution in [0, 0.1) is 5.92 Å². The molecule has 0 saturated carbocycles. The van der Waals surface area contributed by atoms with E-state index in [0.29, 0.717) is 12.8 Å². The molecule has 3 unspecified atom stereocenters. The first-order valence-electron chi connectivity index (χ1n) is 10.3. The topological polar surface area (TPSA) is 208 Å². The predicted octanol–water partition coefficient (Wildman–Crippen LogP) is -2.37. The van der Waals surface area contributed by atoms with Crippen molar-refractivity contribution in [1.82, 2.24) is 20.9 Å². The van der Waals surface area contributed by atoms with Crippen molar-refractivity contribution in [2.24, 2.45) is 11.7 Å². The minimum Gasteiger partial charge on any atom is -0.481 e. The number of rotatable bonds is 12. The Kier molecular flexibility index (Phi) is 10.5. The number of carbonyl (C=O) groups is 6. The van der Waals surface area contributed by atoms with Crippen LogP contribution in [-0.4, -0.2) is 88.4 Å². The SMILES string of the molecule is CC(C)C(NC(=O)CNC(=O)C(CCC(=O)O)NC(=O)CN)C(=O)N1CCCC1C(=O)O. The summed E-state index contributed by atoms with van der Waals surface area (Å²) in [6.07, 6.45) is 0.290. The molecule has 32 heavy (non-hydrogen) atoms. The zero-order chi connectivity index (χ0) is 24.4. The molecule has 3 atom stereocenters. The van der Waals surface area contributed by atoms with E-state index in [1.165, 1.54) is 4.90 Å². The zero-order valence-electron chi connectivity index (χ0n) is 18.1. The zero-order valence-corrected chi connectivity index (χ0v) is 18.1. The second-order valence-corrected chi connectivity index (χ2v) is 7.79. The van der Waals surface area contributed by atoms with Gasteiger partial charge in [0.05, 0.1) is 13.1 Å². The number of nitrogens with two attached hydrogens (primary N) is 1. The minimum atomic E-state index is -1.20. The van der Waals surface area contributed by atoms with E-state index in [0.717, 1.165) is 0 Å². The van der Waals surface area contributed by atoms with Gasteiger partial charge in [0.1, 0.15) is 18.1 Å². The fourth-order valence-corrected chi connectivity index (χ4v) is 3.28. The molecule has 1 aliphatic rings. The number of nitrogens with zero attached hydrogens (tertiary/aromatic N) is 1. The Balaban J connectivity index is 2.72. The number of likely N-dealkylation sites (tertiary alicyclic amines) is 1. The van der Waals surface area contributed by atoms with Gasteiger partial charge in [-0.05, 0) is 25.2 Å². The molecule has 180 valence electrons. The van der Waals surface area contributed by atoms with E-state index in [-0.39, 0.29) is 25.3 Å². The molecular weight excluding hydrogens is 426 g/mol. The fraction of sp³-hybridized carbons (Fsp3) is 0.684. The lowest BCUT2D eigenvalue weighted by atomic mass is 10.0. The Morgan fingerprint density at radius 1 is 1.06 bits per heavy atom. The molecule has 1 fully saturated rings. The summed E-state index contributed by atoms with van der Waals surface area (Å²) in [5, 5.41) is 25.2. The number of carbonyl (C=O) groups excluding carboxylic acids is 4. The molecule has 0 bridgehead atoms. The highest BCUT2D eigenvalue weighted by Crippen LogP contribution is 2.20. The van der Waals surface area contributed by atoms with Crippen molar-refractivity contribution < 1.29 is 39.0 Å². The maximum absolute atomic E-state index is 12.8. The summed E-state index contributed by atoms with van der Waals surface area (Å²) < 4.78 is 0. The average Bonchev–Trinajstić information content (AvgIpc) is 3.22. The number of hydrogen-bond donors (Lipinski definition) is 6. The lowest BCUT2D eigenvalue weighted by Gasteiger charge is -2.29. The molecule has 13 nitrogen and oxygen atoms in total. The summed E-state index contributed by atoms with van der Waals surface area (Å²) in [6.45, 7) is 2.73. The van der Waals surface area contributed by atoms with Gasteiger partial charge in [0.2, 0.25) is 23.6 Å². The van der Waals surface area contributed by atoms with Crippen molar-refractivity contribution in [3.05, 3.63) is 0 Å². The number of carboxylic acids is 2. The molecule has 1 rings (SSSR count). The quantitative estimate of drug-likeness (QED) is 0.185. The summed E-state index contributed by atoms with van der Waals surface area (Å²) in [4.78, 5) is 72.3. The van der Waals surface area contributed by atoms with E-state index in [1.807, 2.05) is 0 Å². The van der Waals surface area contributed by atoms with Gasteiger partial charge in [0.25, 0.3) is 0 Å². The predicted molar refractivity (Wildman–Crippen MR) is 110 cm³/mol. The maximum atomic E-state index is 12.8. The molecule has 0 aromatic heterocycles. The summed E-state index contributed by atoms with van der Waals surface area (Å²) in [7, 11) is 0. The largest absolute Gasteiger partial charge is 0.481 e. The van der Waals surface area contributed by atoms with Gasteiger partial charge in [-0.15, -0.1) is 0 Å². The number of amides is 4. The second-order valence-electron chi connectivity index (χ2n) is 7.79. The highest BCUT2D eigenvalue weighted by atomic mass is 16.4. The summed E-state index contributed by atoms with van der Waals surface area (Å²) >= 11 is 0. The summed E-state index contributed by atoms with van der Waals surface area (Å²) in [5.74, 6) is -5.27. The molecule has 0 aromatic rings. The Labute approximate surface area is 185 Å². The first-order chi connectivity index (χ1) is 15.0. The van der Waals surface area contributed by atoms with Crippen LogP contribution in [0.5, 0.6) is 0 Å². The Morgan fingerprint density at radius 3 is 2.25 bits per heavy atom. The van der Waals surface area contributed by atoms with Gasteiger partial charge in [-0.3, -0.25) is 24.0 Å². The van der Waals surface area contributed by atoms with E-state index in [9.17, 15) is 33.9 Å². The maximum Gasteiger partial charge on any atom is 0.326 e. The highest BCUT2D eigenvalue weighted by Gasteiger charge is 2.38. The number of aliphatic carboxylic acids is 2. The highest BCUT2D eigenvalue weighted by molar-refractivity contribution is 5.94. The Morgan fingerprint density at radius 2 is 1.72 bits per heavy atom. The van der Waals surface area contributed by atoms with Crippen LogP contribution in [0.4, 0.5) is 0 Å². The molecule has 1 aliphatic heterocycles. The molecule has 0 aliphatic carbocycles. The smallest absolute Gasteiger partial charge is 0.326 e. The third kappa shape index (κ3) is 8.13. The van der Waals surface area contributed by atoms with Crippen LogP contribution in [-0.2, 0) is 28.8 Å². The lowest BCUT2D eigenvalue weighted by molar-refractivity contribution is -0.150. The van der Waals surface area contributed by atoms with Gasteiger partial charge in [0, 0.05) is 13.0 Å².